The van der Waals surface area contributed by atoms with Crippen molar-refractivity contribution < 1.29 is 5.48 Å². The van der Waals surface area contributed by atoms with Crippen LogP contribution in [0, 0.1) is 0 Å². The third kappa shape index (κ3) is 0.693. The third-order valence-corrected chi connectivity index (χ3v) is 1.44. The van der Waals surface area contributed by atoms with Crippen LogP contribution in [0.1, 0.15) is 5.48 Å². The zero-order valence-electron chi connectivity index (χ0n) is 8.83. The molecule has 3 heteroatoms. The first kappa shape index (κ1) is 2.93. The minimum Gasteiger partial charge on any atom is -0.361 e. The summed E-state index contributed by atoms with van der Waals surface area (Å²) in [5, 5.41) is 0.221. The molecule has 0 aliphatic carbocycles. The van der Waals surface area contributed by atoms with Crippen molar-refractivity contribution in [3.05, 3.63) is 29.6 Å². The van der Waals surface area contributed by atoms with Crippen LogP contribution in [-0.2, 0) is 0 Å². The van der Waals surface area contributed by atoms with Gasteiger partial charge in [0, 0.05) is 17.7 Å². The number of rotatable bonds is 0. The summed E-state index contributed by atoms with van der Waals surface area (Å²) in [5.41, 5.74) is 0.227. The molecule has 1 N–H and O–H groups in total. The fraction of sp³-hybridized carbons (Fsp3) is 0. The lowest BCUT2D eigenvalue weighted by atomic mass is 10.3. The zero-order chi connectivity index (χ0) is 10.5. The van der Waals surface area contributed by atoms with Crippen LogP contribution in [0.3, 0.4) is 0 Å². The number of hydrogen-bond acceptors (Lipinski definition) is 1. The Morgan fingerprint density at radius 1 is 1.60 bits per heavy atom. The number of aromatic nitrogens is 2. The van der Waals surface area contributed by atoms with Gasteiger partial charge in [-0.2, -0.15) is 0 Å². The predicted molar refractivity (Wildman–Crippen MR) is 41.1 cm³/mol. The monoisotopic (exact) mass is 156 g/mol. The van der Waals surface area contributed by atoms with E-state index in [1.54, 1.807) is 0 Å². The van der Waals surface area contributed by atoms with Crippen LogP contribution >= 0.6 is 11.6 Å². The number of fused-ring (bicyclic) bond motifs is 1. The summed E-state index contributed by atoms with van der Waals surface area (Å²) in [6, 6.07) is -0.234. The van der Waals surface area contributed by atoms with E-state index in [1.165, 1.54) is 0 Å². The molecule has 0 bridgehead atoms. The number of aromatic amines is 1. The van der Waals surface area contributed by atoms with Crippen molar-refractivity contribution >= 4 is 22.5 Å². The van der Waals surface area contributed by atoms with E-state index in [4.69, 9.17) is 17.1 Å². The molecule has 2 nitrogen and oxygen atoms in total. The van der Waals surface area contributed by atoms with Crippen molar-refractivity contribution in [1.82, 2.24) is 9.97 Å². The van der Waals surface area contributed by atoms with E-state index in [9.17, 15) is 0 Å². The summed E-state index contributed by atoms with van der Waals surface area (Å²) >= 11 is 5.72. The molecule has 2 aromatic heterocycles. The van der Waals surface area contributed by atoms with Gasteiger partial charge < -0.3 is 4.98 Å². The van der Waals surface area contributed by atoms with Gasteiger partial charge in [-0.25, -0.2) is 4.98 Å². The summed E-state index contributed by atoms with van der Waals surface area (Å²) < 4.78 is 29.6. The standard InChI is InChI=1S/C7H5ClN2/c8-7-5-1-3-9-6(5)2-4-10-7/h1-4,9H/i1D,2D,3D,4D. The summed E-state index contributed by atoms with van der Waals surface area (Å²) in [4.78, 5) is 6.12. The minimum atomic E-state index is -0.260. The van der Waals surface area contributed by atoms with Crippen molar-refractivity contribution in [2.75, 3.05) is 0 Å². The van der Waals surface area contributed by atoms with Crippen LogP contribution in [0.15, 0.2) is 24.4 Å². The zero-order valence-corrected chi connectivity index (χ0v) is 5.58. The van der Waals surface area contributed by atoms with Crippen LogP contribution in [0.2, 0.25) is 5.15 Å². The van der Waals surface area contributed by atoms with Gasteiger partial charge in [-0.15, -0.1) is 0 Å². The lowest BCUT2D eigenvalue weighted by molar-refractivity contribution is 1.35. The van der Waals surface area contributed by atoms with Gasteiger partial charge in [0.15, 0.2) is 0 Å². The van der Waals surface area contributed by atoms with Crippen LogP contribution in [0.25, 0.3) is 10.9 Å². The van der Waals surface area contributed by atoms with E-state index in [1.807, 2.05) is 0 Å². The maximum Gasteiger partial charge on any atom is 0.138 e. The van der Waals surface area contributed by atoms with Crippen LogP contribution in [-0.4, -0.2) is 9.97 Å². The van der Waals surface area contributed by atoms with E-state index in [0.717, 1.165) is 0 Å². The summed E-state index contributed by atoms with van der Waals surface area (Å²) in [7, 11) is 0. The SMILES string of the molecule is [2H]c1nc(Cl)c2c([2H])c([2H])[nH]c2c1[2H]. The Bertz CT molecular complexity index is 522. The molecular formula is C7H5ClN2. The van der Waals surface area contributed by atoms with E-state index < -0.39 is 0 Å². The second kappa shape index (κ2) is 1.99. The van der Waals surface area contributed by atoms with Crippen molar-refractivity contribution in [1.29, 1.82) is 0 Å². The fourth-order valence-corrected chi connectivity index (χ4v) is 0.903. The molecule has 2 heterocycles. The Kier molecular flexibility index (Phi) is 0.582. The van der Waals surface area contributed by atoms with Gasteiger partial charge in [-0.1, -0.05) is 11.6 Å². The van der Waals surface area contributed by atoms with Crippen LogP contribution in [0.5, 0.6) is 0 Å². The topological polar surface area (TPSA) is 28.7 Å². The van der Waals surface area contributed by atoms with Crippen molar-refractivity contribution in [2.24, 2.45) is 0 Å². The highest BCUT2D eigenvalue weighted by Crippen LogP contribution is 2.18. The Hall–Kier alpha value is -1.02. The van der Waals surface area contributed by atoms with Crippen LogP contribution in [0.4, 0.5) is 0 Å². The normalized spacial score (nSPS) is 16.1. The average Bonchev–Trinajstić information content (AvgIpc) is 2.40. The Balaban J connectivity index is 3.02. The molecule has 0 spiro atoms. The molecule has 0 saturated heterocycles. The summed E-state index contributed by atoms with van der Waals surface area (Å²) in [6.07, 6.45) is -0.383. The molecule has 0 amide bonds. The van der Waals surface area contributed by atoms with Crippen molar-refractivity contribution in [3.63, 3.8) is 0 Å². The van der Waals surface area contributed by atoms with E-state index in [2.05, 4.69) is 9.97 Å². The molecular weight excluding hydrogens is 148 g/mol. The number of nitrogens with zero attached hydrogens (tertiary/aromatic N) is 1. The quantitative estimate of drug-likeness (QED) is 0.583. The molecule has 0 aromatic carbocycles. The van der Waals surface area contributed by atoms with Crippen LogP contribution < -0.4 is 0 Å². The first-order valence-corrected chi connectivity index (χ1v) is 3.01. The largest absolute Gasteiger partial charge is 0.361 e. The number of H-pyrrole nitrogens is 1. The highest BCUT2D eigenvalue weighted by atomic mass is 35.5. The lowest BCUT2D eigenvalue weighted by Gasteiger charge is -1.89. The third-order valence-electron chi connectivity index (χ3n) is 1.17. The number of hydrogen-bond donors (Lipinski definition) is 1. The molecule has 0 atom stereocenters. The number of nitrogens with one attached hydrogen (secondary N) is 1. The molecule has 0 saturated carbocycles. The molecule has 0 aliphatic heterocycles. The molecule has 2 aromatic rings. The molecule has 0 radical (unpaired) electrons. The Morgan fingerprint density at radius 2 is 2.50 bits per heavy atom. The minimum absolute atomic E-state index is 0.0132. The molecule has 2 rings (SSSR count). The van der Waals surface area contributed by atoms with E-state index >= 15 is 0 Å². The van der Waals surface area contributed by atoms with Gasteiger partial charge in [-0.05, 0) is 12.1 Å². The van der Waals surface area contributed by atoms with Crippen molar-refractivity contribution in [3.8, 4) is 0 Å². The maximum absolute atomic E-state index is 7.49. The number of halogens is 1. The number of pyridine rings is 1. The Labute approximate surface area is 68.5 Å². The first-order valence-electron chi connectivity index (χ1n) is 4.64. The average molecular weight is 157 g/mol. The summed E-state index contributed by atoms with van der Waals surface area (Å²) in [5.74, 6) is 0. The van der Waals surface area contributed by atoms with Crippen molar-refractivity contribution in [2.45, 2.75) is 0 Å². The van der Waals surface area contributed by atoms with E-state index in [0.29, 0.717) is 0 Å². The second-order valence-electron chi connectivity index (χ2n) is 1.76. The fourth-order valence-electron chi connectivity index (χ4n) is 0.719. The van der Waals surface area contributed by atoms with Gasteiger partial charge >= 0.3 is 0 Å². The van der Waals surface area contributed by atoms with E-state index in [-0.39, 0.29) is 40.5 Å². The van der Waals surface area contributed by atoms with Gasteiger partial charge in [0.2, 0.25) is 0 Å². The second-order valence-corrected chi connectivity index (χ2v) is 2.12. The molecule has 0 unspecified atom stereocenters. The summed E-state index contributed by atoms with van der Waals surface area (Å²) in [6.45, 7) is 0. The van der Waals surface area contributed by atoms with Gasteiger partial charge in [0.25, 0.3) is 0 Å². The highest BCUT2D eigenvalue weighted by Gasteiger charge is 1.97. The first-order chi connectivity index (χ1) is 6.52. The molecule has 50 valence electrons. The highest BCUT2D eigenvalue weighted by molar-refractivity contribution is 6.34. The smallest absolute Gasteiger partial charge is 0.138 e. The van der Waals surface area contributed by atoms with Gasteiger partial charge in [0.05, 0.1) is 11.0 Å². The maximum atomic E-state index is 7.49. The molecule has 0 fully saturated rings. The Morgan fingerprint density at radius 3 is 3.40 bits per heavy atom. The predicted octanol–water partition coefficient (Wildman–Crippen LogP) is 2.22. The van der Waals surface area contributed by atoms with Gasteiger partial charge in [0.1, 0.15) is 5.15 Å². The lowest BCUT2D eigenvalue weighted by Crippen LogP contribution is -1.73. The molecule has 10 heavy (non-hydrogen) atoms. The van der Waals surface area contributed by atoms with Gasteiger partial charge in [-0.3, -0.25) is 0 Å². The molecule has 0 aliphatic rings.